The number of epoxide rings is 1. The number of hydrogen-bond acceptors (Lipinski definition) is 4. The van der Waals surface area contributed by atoms with E-state index >= 15 is 0 Å². The van der Waals surface area contributed by atoms with Crippen molar-refractivity contribution in [1.82, 2.24) is 0 Å². The largest absolute Gasteiger partial charge is 0.481 e. The predicted octanol–water partition coefficient (Wildman–Crippen LogP) is 2.13. The van der Waals surface area contributed by atoms with Crippen molar-refractivity contribution in [1.29, 1.82) is 0 Å². The van der Waals surface area contributed by atoms with Gasteiger partial charge in [0.25, 0.3) is 0 Å². The molecule has 5 nitrogen and oxygen atoms in total. The highest BCUT2D eigenvalue weighted by atomic mass is 16.7. The average Bonchev–Trinajstić information content (AvgIpc) is 3.12. The fourth-order valence-electron chi connectivity index (χ4n) is 4.10. The molecule has 124 valence electrons. The van der Waals surface area contributed by atoms with Crippen molar-refractivity contribution in [3.05, 3.63) is 12.2 Å². The molecule has 3 fully saturated rings. The number of aliphatic hydroxyl groups is 1. The van der Waals surface area contributed by atoms with E-state index in [1.54, 1.807) is 0 Å². The van der Waals surface area contributed by atoms with Crippen LogP contribution in [0.1, 0.15) is 44.9 Å². The minimum Gasteiger partial charge on any atom is -0.481 e. The summed E-state index contributed by atoms with van der Waals surface area (Å²) in [7, 11) is 0. The molecule has 3 rings (SSSR count). The third kappa shape index (κ3) is 3.36. The van der Waals surface area contributed by atoms with Gasteiger partial charge in [-0.2, -0.15) is 0 Å². The molecular formula is C17H26O5. The monoisotopic (exact) mass is 310 g/mol. The maximum Gasteiger partial charge on any atom is 0.303 e. The molecule has 0 aliphatic carbocycles. The van der Waals surface area contributed by atoms with E-state index in [9.17, 15) is 4.79 Å². The van der Waals surface area contributed by atoms with E-state index in [0.29, 0.717) is 30.5 Å². The Morgan fingerprint density at radius 3 is 2.41 bits per heavy atom. The Balaban J connectivity index is 1.45. The first kappa shape index (κ1) is 16.0. The van der Waals surface area contributed by atoms with E-state index < -0.39 is 5.97 Å². The highest BCUT2D eigenvalue weighted by molar-refractivity contribution is 5.66. The predicted molar refractivity (Wildman–Crippen MR) is 80.5 cm³/mol. The Morgan fingerprint density at radius 2 is 1.68 bits per heavy atom. The third-order valence-electron chi connectivity index (χ3n) is 5.20. The third-order valence-corrected chi connectivity index (χ3v) is 5.20. The molecule has 0 aromatic carbocycles. The minimum atomic E-state index is -0.726. The number of rotatable bonds is 10. The maximum absolute atomic E-state index is 10.5. The van der Waals surface area contributed by atoms with Gasteiger partial charge in [-0.05, 0) is 43.9 Å². The van der Waals surface area contributed by atoms with Gasteiger partial charge in [0.15, 0.2) is 0 Å². The van der Waals surface area contributed by atoms with Crippen LogP contribution in [0.3, 0.4) is 0 Å². The summed E-state index contributed by atoms with van der Waals surface area (Å²) in [5.74, 6) is 0.336. The van der Waals surface area contributed by atoms with Crippen LogP contribution in [0.25, 0.3) is 0 Å². The molecule has 0 amide bonds. The summed E-state index contributed by atoms with van der Waals surface area (Å²) in [6.07, 6.45) is 11.2. The van der Waals surface area contributed by atoms with Gasteiger partial charge in [-0.3, -0.25) is 4.79 Å². The van der Waals surface area contributed by atoms with Gasteiger partial charge in [0.2, 0.25) is 0 Å². The van der Waals surface area contributed by atoms with Gasteiger partial charge >= 0.3 is 5.97 Å². The van der Waals surface area contributed by atoms with Crippen molar-refractivity contribution >= 4 is 5.97 Å². The Morgan fingerprint density at radius 1 is 0.955 bits per heavy atom. The molecule has 5 heteroatoms. The quantitative estimate of drug-likeness (QED) is 0.367. The van der Waals surface area contributed by atoms with Crippen molar-refractivity contribution in [3.8, 4) is 0 Å². The van der Waals surface area contributed by atoms with E-state index in [2.05, 4.69) is 12.2 Å². The van der Waals surface area contributed by atoms with E-state index in [-0.39, 0.29) is 25.2 Å². The van der Waals surface area contributed by atoms with Crippen molar-refractivity contribution in [2.24, 2.45) is 11.8 Å². The normalized spacial score (nSPS) is 38.6. The first-order valence-electron chi connectivity index (χ1n) is 8.51. The zero-order valence-corrected chi connectivity index (χ0v) is 12.9. The van der Waals surface area contributed by atoms with E-state index in [0.717, 1.165) is 32.1 Å². The number of fused-ring (bicyclic) bond motifs is 5. The second-order valence-corrected chi connectivity index (χ2v) is 6.67. The standard InChI is InChI=1S/C17H26O5/c18-10-6-5-8-12-11(7-3-1-2-4-9-13(19)20)14-16-17(22-16)15(12)21-14/h1,3,11-12,14-18H,2,4-10H2,(H,19,20)/t11-,12+,14+,15-,16-,17+/m0/s1. The second-order valence-electron chi connectivity index (χ2n) is 6.67. The zero-order chi connectivity index (χ0) is 15.5. The number of allylic oxidation sites excluding steroid dienone is 2. The van der Waals surface area contributed by atoms with Crippen LogP contribution in [0.4, 0.5) is 0 Å². The number of hydrogen-bond donors (Lipinski definition) is 2. The highest BCUT2D eigenvalue weighted by Gasteiger charge is 2.68. The molecule has 0 radical (unpaired) electrons. The van der Waals surface area contributed by atoms with Gasteiger partial charge in [0, 0.05) is 13.0 Å². The fourth-order valence-corrected chi connectivity index (χ4v) is 4.10. The van der Waals surface area contributed by atoms with E-state index in [1.165, 1.54) is 0 Å². The Kier molecular flexibility index (Phi) is 5.16. The van der Waals surface area contributed by atoms with Gasteiger partial charge in [0.1, 0.15) is 12.2 Å². The Labute approximate surface area is 131 Å². The molecule has 2 N–H and O–H groups in total. The van der Waals surface area contributed by atoms with Crippen LogP contribution in [-0.4, -0.2) is 47.2 Å². The van der Waals surface area contributed by atoms with Crippen molar-refractivity contribution < 1.29 is 24.5 Å². The lowest BCUT2D eigenvalue weighted by Crippen LogP contribution is -2.32. The van der Waals surface area contributed by atoms with Crippen molar-refractivity contribution in [2.75, 3.05) is 6.61 Å². The summed E-state index contributed by atoms with van der Waals surface area (Å²) >= 11 is 0. The number of aliphatic carboxylic acids is 1. The number of ether oxygens (including phenoxy) is 2. The maximum atomic E-state index is 10.5. The van der Waals surface area contributed by atoms with Gasteiger partial charge in [0.05, 0.1) is 12.2 Å². The number of carboxylic acid groups (broad SMARTS) is 1. The lowest BCUT2D eigenvalue weighted by atomic mass is 9.75. The smallest absolute Gasteiger partial charge is 0.303 e. The van der Waals surface area contributed by atoms with Crippen LogP contribution in [0.5, 0.6) is 0 Å². The van der Waals surface area contributed by atoms with Crippen LogP contribution in [-0.2, 0) is 14.3 Å². The summed E-state index contributed by atoms with van der Waals surface area (Å²) in [4.78, 5) is 10.5. The summed E-state index contributed by atoms with van der Waals surface area (Å²) in [6.45, 7) is 0.262. The summed E-state index contributed by atoms with van der Waals surface area (Å²) in [5, 5.41) is 17.6. The molecule has 0 unspecified atom stereocenters. The van der Waals surface area contributed by atoms with Crippen molar-refractivity contribution in [3.63, 3.8) is 0 Å². The molecular weight excluding hydrogens is 284 g/mol. The van der Waals surface area contributed by atoms with E-state index in [1.807, 2.05) is 0 Å². The molecule has 2 bridgehead atoms. The van der Waals surface area contributed by atoms with Crippen molar-refractivity contribution in [2.45, 2.75) is 69.4 Å². The summed E-state index contributed by atoms with van der Waals surface area (Å²) < 4.78 is 11.8. The van der Waals surface area contributed by atoms with Crippen LogP contribution in [0.2, 0.25) is 0 Å². The number of carbonyl (C=O) groups is 1. The number of carboxylic acids is 1. The summed E-state index contributed by atoms with van der Waals surface area (Å²) in [5.41, 5.74) is 0. The molecule has 3 saturated heterocycles. The molecule has 22 heavy (non-hydrogen) atoms. The van der Waals surface area contributed by atoms with Gasteiger partial charge in [-0.25, -0.2) is 0 Å². The molecule has 0 saturated carbocycles. The highest BCUT2D eigenvalue weighted by Crippen LogP contribution is 2.56. The lowest BCUT2D eigenvalue weighted by Gasteiger charge is -2.25. The molecule has 0 aromatic heterocycles. The van der Waals surface area contributed by atoms with Crippen LogP contribution in [0.15, 0.2) is 12.2 Å². The fraction of sp³-hybridized carbons (Fsp3) is 0.824. The lowest BCUT2D eigenvalue weighted by molar-refractivity contribution is -0.137. The summed E-state index contributed by atoms with van der Waals surface area (Å²) in [6, 6.07) is 0. The molecule has 3 heterocycles. The molecule has 0 spiro atoms. The second kappa shape index (κ2) is 7.11. The van der Waals surface area contributed by atoms with Gasteiger partial charge in [-0.1, -0.05) is 18.6 Å². The van der Waals surface area contributed by atoms with Crippen LogP contribution >= 0.6 is 0 Å². The van der Waals surface area contributed by atoms with E-state index in [4.69, 9.17) is 19.7 Å². The average molecular weight is 310 g/mol. The topological polar surface area (TPSA) is 79.3 Å². The van der Waals surface area contributed by atoms with Gasteiger partial charge in [-0.15, -0.1) is 0 Å². The van der Waals surface area contributed by atoms with Gasteiger partial charge < -0.3 is 19.7 Å². The minimum absolute atomic E-state index is 0.239. The molecule has 3 aliphatic rings. The first-order valence-corrected chi connectivity index (χ1v) is 8.51. The number of unbranched alkanes of at least 4 members (excludes halogenated alkanes) is 2. The Bertz CT molecular complexity index is 421. The zero-order valence-electron chi connectivity index (χ0n) is 12.9. The van der Waals surface area contributed by atoms with Crippen LogP contribution < -0.4 is 0 Å². The van der Waals surface area contributed by atoms with Crippen LogP contribution in [0, 0.1) is 11.8 Å². The molecule has 3 aliphatic heterocycles. The number of aliphatic hydroxyl groups excluding tert-OH is 1. The molecule has 0 aromatic rings. The molecule has 6 atom stereocenters. The SMILES string of the molecule is O=C(O)CCCC=CC[C@H]1[C@@H](CCCCO)[C@@H]2O[C@H]1[C@@H]1O[C@@H]12. The Hall–Kier alpha value is -0.910. The first-order chi connectivity index (χ1) is 10.7.